The van der Waals surface area contributed by atoms with Crippen molar-refractivity contribution in [1.82, 2.24) is 24.8 Å². The maximum Gasteiger partial charge on any atom is 0.304 e. The van der Waals surface area contributed by atoms with Crippen LogP contribution in [0, 0.1) is 41.5 Å². The molecule has 1 aliphatic rings. The summed E-state index contributed by atoms with van der Waals surface area (Å²) in [6.07, 6.45) is 1.32. The maximum absolute atomic E-state index is 12.6. The van der Waals surface area contributed by atoms with Crippen LogP contribution in [0.2, 0.25) is 0 Å². The van der Waals surface area contributed by atoms with Crippen molar-refractivity contribution < 1.29 is 22.3 Å². The van der Waals surface area contributed by atoms with E-state index >= 15 is 0 Å². The third-order valence-electron chi connectivity index (χ3n) is 8.59. The van der Waals surface area contributed by atoms with E-state index in [1.165, 1.54) is 4.88 Å². The van der Waals surface area contributed by atoms with Crippen molar-refractivity contribution in [3.05, 3.63) is 86.1 Å². The molecule has 0 atom stereocenters. The number of amides is 1. The van der Waals surface area contributed by atoms with Crippen molar-refractivity contribution >= 4 is 55.4 Å². The van der Waals surface area contributed by atoms with Crippen molar-refractivity contribution in [3.8, 4) is 21.7 Å². The molecule has 1 fully saturated rings. The standard InChI is InChI=1S/C30H30N4O4S3.C5H8N2O/c1-17-12-25-28(20(4)31-17)29(26-10-7-18(2)39-26)32-34(25)15-21-8-9-23(22(14-21)16-33-11-5-6-27(33)35)24-13-19(3)40-30(24)41(36,37)38;1-3-4(2)8-7-5(3)6/h7-10,12-14H,5-6,11,15-16H2,1-4H3,(H,36,37,38);1-2H3,(H2,6,7). The molecule has 7 rings (SSSR count). The fourth-order valence-electron chi connectivity index (χ4n) is 6.08. The fraction of sp³-hybridized carbons (Fsp3) is 0.314. The zero-order chi connectivity index (χ0) is 35.2. The Balaban J connectivity index is 0.000000459. The Morgan fingerprint density at radius 2 is 1.73 bits per heavy atom. The van der Waals surface area contributed by atoms with E-state index in [0.717, 1.165) is 77.9 Å². The molecule has 256 valence electrons. The molecule has 14 heteroatoms. The molecule has 0 radical (unpaired) electrons. The SMILES string of the molecule is Cc1cc2c(c(C)n1)c(-c1ccc(C)s1)nn2Cc1ccc(-c2cc(C)sc2S(=O)(=O)O)c(CN2CCCC2=O)c1.Cc1onc(N)c1C. The Labute approximate surface area is 293 Å². The molecule has 6 aromatic rings. The van der Waals surface area contributed by atoms with Gasteiger partial charge < -0.3 is 15.2 Å². The van der Waals surface area contributed by atoms with Crippen LogP contribution in [-0.4, -0.2) is 50.2 Å². The minimum atomic E-state index is -4.41. The number of benzene rings is 1. The van der Waals surface area contributed by atoms with Crippen molar-refractivity contribution in [1.29, 1.82) is 0 Å². The summed E-state index contributed by atoms with van der Waals surface area (Å²) < 4.78 is 41.1. The summed E-state index contributed by atoms with van der Waals surface area (Å²) in [7, 11) is -4.41. The summed E-state index contributed by atoms with van der Waals surface area (Å²) in [5.41, 5.74) is 13.0. The van der Waals surface area contributed by atoms with Crippen LogP contribution in [0.15, 0.2) is 51.2 Å². The molecule has 0 unspecified atom stereocenters. The molecule has 1 amide bonds. The van der Waals surface area contributed by atoms with Gasteiger partial charge in [0.15, 0.2) is 10.0 Å². The summed E-state index contributed by atoms with van der Waals surface area (Å²) in [5.74, 6) is 1.37. The second kappa shape index (κ2) is 13.5. The first-order valence-corrected chi connectivity index (χ1v) is 18.8. The van der Waals surface area contributed by atoms with Gasteiger partial charge in [-0.15, -0.1) is 22.7 Å². The molecule has 1 aromatic carbocycles. The number of fused-ring (bicyclic) bond motifs is 1. The highest BCUT2D eigenvalue weighted by Crippen LogP contribution is 2.39. The van der Waals surface area contributed by atoms with Crippen molar-refractivity contribution in [3.63, 3.8) is 0 Å². The van der Waals surface area contributed by atoms with E-state index < -0.39 is 10.1 Å². The van der Waals surface area contributed by atoms with Gasteiger partial charge in [-0.2, -0.15) is 13.5 Å². The lowest BCUT2D eigenvalue weighted by molar-refractivity contribution is -0.128. The van der Waals surface area contributed by atoms with Crippen LogP contribution in [0.3, 0.4) is 0 Å². The Bertz CT molecular complexity index is 2300. The van der Waals surface area contributed by atoms with Crippen molar-refractivity contribution in [2.75, 3.05) is 12.3 Å². The van der Waals surface area contributed by atoms with Crippen LogP contribution < -0.4 is 5.73 Å². The molecule has 0 spiro atoms. The van der Waals surface area contributed by atoms with Crippen molar-refractivity contribution in [2.45, 2.75) is 71.7 Å². The lowest BCUT2D eigenvalue weighted by atomic mass is 9.98. The van der Waals surface area contributed by atoms with E-state index in [2.05, 4.69) is 30.3 Å². The molecular formula is C35H38N6O5S3. The number of likely N-dealkylation sites (tertiary alicyclic amines) is 1. The number of carbonyl (C=O) groups excluding carboxylic acids is 1. The molecule has 5 aromatic heterocycles. The number of thiophene rings is 2. The number of hydrogen-bond donors (Lipinski definition) is 2. The number of carbonyl (C=O) groups is 1. The van der Waals surface area contributed by atoms with E-state index in [1.54, 1.807) is 17.4 Å². The summed E-state index contributed by atoms with van der Waals surface area (Å²) in [6, 6.07) is 13.9. The highest BCUT2D eigenvalue weighted by molar-refractivity contribution is 7.88. The zero-order valence-electron chi connectivity index (χ0n) is 28.2. The van der Waals surface area contributed by atoms with E-state index in [-0.39, 0.29) is 10.1 Å². The first-order chi connectivity index (χ1) is 23.2. The number of aryl methyl sites for hydroxylation is 5. The van der Waals surface area contributed by atoms with Crippen LogP contribution in [-0.2, 0) is 28.0 Å². The molecule has 3 N–H and O–H groups in total. The summed E-state index contributed by atoms with van der Waals surface area (Å²) in [4.78, 5) is 22.2. The first-order valence-electron chi connectivity index (χ1n) is 15.8. The van der Waals surface area contributed by atoms with Crippen molar-refractivity contribution in [2.24, 2.45) is 0 Å². The predicted octanol–water partition coefficient (Wildman–Crippen LogP) is 7.41. The van der Waals surface area contributed by atoms with Gasteiger partial charge in [0, 0.05) is 51.8 Å². The zero-order valence-corrected chi connectivity index (χ0v) is 30.6. The summed E-state index contributed by atoms with van der Waals surface area (Å²) in [5, 5.41) is 9.61. The van der Waals surface area contributed by atoms with Crippen LogP contribution in [0.4, 0.5) is 5.82 Å². The molecule has 0 bridgehead atoms. The Kier molecular flexibility index (Phi) is 9.50. The third-order valence-corrected chi connectivity index (χ3v) is 12.0. The average Bonchev–Trinajstić information content (AvgIpc) is 3.86. The number of nitrogens with zero attached hydrogens (tertiary/aromatic N) is 5. The molecule has 1 aliphatic heterocycles. The minimum absolute atomic E-state index is 0.0795. The topological polar surface area (TPSA) is 157 Å². The van der Waals surface area contributed by atoms with Crippen LogP contribution >= 0.6 is 22.7 Å². The van der Waals surface area contributed by atoms with E-state index in [1.807, 2.05) is 62.4 Å². The van der Waals surface area contributed by atoms with Gasteiger partial charge in [-0.25, -0.2) is 0 Å². The molecule has 11 nitrogen and oxygen atoms in total. The van der Waals surface area contributed by atoms with Gasteiger partial charge in [-0.3, -0.25) is 19.0 Å². The Hall–Kier alpha value is -4.37. The molecular weight excluding hydrogens is 681 g/mol. The molecule has 1 saturated heterocycles. The van der Waals surface area contributed by atoms with E-state index in [4.69, 9.17) is 20.3 Å². The second-order valence-electron chi connectivity index (χ2n) is 12.4. The fourth-order valence-corrected chi connectivity index (χ4v) is 8.95. The maximum atomic E-state index is 12.6. The monoisotopic (exact) mass is 718 g/mol. The Morgan fingerprint density at radius 3 is 2.33 bits per heavy atom. The van der Waals surface area contributed by atoms with Gasteiger partial charge in [0.1, 0.15) is 11.5 Å². The molecule has 0 saturated carbocycles. The largest absolute Gasteiger partial charge is 0.381 e. The van der Waals surface area contributed by atoms with Crippen LogP contribution in [0.25, 0.3) is 32.6 Å². The molecule has 6 heterocycles. The third kappa shape index (κ3) is 7.18. The van der Waals surface area contributed by atoms with Gasteiger partial charge in [0.05, 0.1) is 22.3 Å². The lowest BCUT2D eigenvalue weighted by Crippen LogP contribution is -2.24. The van der Waals surface area contributed by atoms with Gasteiger partial charge in [0.25, 0.3) is 0 Å². The molecule has 0 aliphatic carbocycles. The number of nitrogen functional groups attached to an aromatic ring is 1. The van der Waals surface area contributed by atoms with Crippen LogP contribution in [0.1, 0.15) is 56.4 Å². The average molecular weight is 719 g/mol. The van der Waals surface area contributed by atoms with E-state index in [9.17, 15) is 17.8 Å². The highest BCUT2D eigenvalue weighted by atomic mass is 32.3. The van der Waals surface area contributed by atoms with Crippen LogP contribution in [0.5, 0.6) is 0 Å². The predicted molar refractivity (Wildman–Crippen MR) is 194 cm³/mol. The number of anilines is 1. The number of nitrogens with two attached hydrogens (primary N) is 1. The van der Waals surface area contributed by atoms with Gasteiger partial charge in [0.2, 0.25) is 5.91 Å². The Morgan fingerprint density at radius 1 is 0.959 bits per heavy atom. The highest BCUT2D eigenvalue weighted by Gasteiger charge is 2.26. The minimum Gasteiger partial charge on any atom is -0.381 e. The number of pyridine rings is 1. The number of aromatic nitrogens is 4. The normalized spacial score (nSPS) is 13.4. The number of hydrogen-bond acceptors (Lipinski definition) is 10. The lowest BCUT2D eigenvalue weighted by Gasteiger charge is -2.19. The summed E-state index contributed by atoms with van der Waals surface area (Å²) in [6.45, 7) is 13.1. The van der Waals surface area contributed by atoms with Gasteiger partial charge in [-0.1, -0.05) is 23.4 Å². The van der Waals surface area contributed by atoms with E-state index in [0.29, 0.717) is 43.0 Å². The summed E-state index contributed by atoms with van der Waals surface area (Å²) >= 11 is 2.75. The second-order valence-corrected chi connectivity index (χ2v) is 16.5. The molecule has 49 heavy (non-hydrogen) atoms. The quantitative estimate of drug-likeness (QED) is 0.160. The van der Waals surface area contributed by atoms with Gasteiger partial charge >= 0.3 is 10.1 Å². The first kappa shape index (κ1) is 34.5. The smallest absolute Gasteiger partial charge is 0.304 e. The van der Waals surface area contributed by atoms with Gasteiger partial charge in [-0.05, 0) is 88.9 Å². The number of rotatable bonds is 7.